The standard InChI is InChI=1S/C15H28N2O/c1-3-7-15(8-4-9-16-15)13-17-10-5-14(6-11-17)12-18-2/h5,16H,3-4,6-13H2,1-2H3. The van der Waals surface area contributed by atoms with E-state index in [0.29, 0.717) is 5.54 Å². The van der Waals surface area contributed by atoms with Crippen molar-refractivity contribution in [2.24, 2.45) is 0 Å². The van der Waals surface area contributed by atoms with Gasteiger partial charge in [-0.15, -0.1) is 0 Å². The molecule has 1 saturated heterocycles. The summed E-state index contributed by atoms with van der Waals surface area (Å²) in [4.78, 5) is 2.60. The molecule has 1 N–H and O–H groups in total. The highest BCUT2D eigenvalue weighted by atomic mass is 16.5. The zero-order valence-electron chi connectivity index (χ0n) is 12.0. The van der Waals surface area contributed by atoms with Gasteiger partial charge in [0.05, 0.1) is 6.61 Å². The number of nitrogens with one attached hydrogen (secondary N) is 1. The number of nitrogens with zero attached hydrogens (tertiary/aromatic N) is 1. The molecule has 1 atom stereocenters. The Kier molecular flexibility index (Phi) is 5.22. The third-order valence-corrected chi connectivity index (χ3v) is 4.30. The maximum atomic E-state index is 5.21. The third-order valence-electron chi connectivity index (χ3n) is 4.30. The van der Waals surface area contributed by atoms with E-state index in [2.05, 4.69) is 23.2 Å². The minimum Gasteiger partial charge on any atom is -0.380 e. The van der Waals surface area contributed by atoms with Gasteiger partial charge in [-0.05, 0) is 37.8 Å². The van der Waals surface area contributed by atoms with Crippen LogP contribution in [-0.4, -0.2) is 50.3 Å². The summed E-state index contributed by atoms with van der Waals surface area (Å²) in [5.41, 5.74) is 1.87. The molecule has 18 heavy (non-hydrogen) atoms. The van der Waals surface area contributed by atoms with Crippen LogP contribution in [0.1, 0.15) is 39.0 Å². The maximum absolute atomic E-state index is 5.21. The van der Waals surface area contributed by atoms with Crippen molar-refractivity contribution in [1.29, 1.82) is 0 Å². The van der Waals surface area contributed by atoms with E-state index in [4.69, 9.17) is 4.74 Å². The van der Waals surface area contributed by atoms with Gasteiger partial charge < -0.3 is 10.1 Å². The van der Waals surface area contributed by atoms with Gasteiger partial charge in [0, 0.05) is 32.3 Å². The minimum atomic E-state index is 0.404. The molecule has 1 fully saturated rings. The van der Waals surface area contributed by atoms with E-state index in [0.717, 1.165) is 13.2 Å². The van der Waals surface area contributed by atoms with Crippen LogP contribution < -0.4 is 5.32 Å². The molecule has 0 amide bonds. The molecule has 2 rings (SSSR count). The van der Waals surface area contributed by atoms with Crippen molar-refractivity contribution in [2.45, 2.75) is 44.6 Å². The molecule has 0 radical (unpaired) electrons. The molecule has 0 bridgehead atoms. The largest absolute Gasteiger partial charge is 0.380 e. The van der Waals surface area contributed by atoms with E-state index in [1.165, 1.54) is 57.3 Å². The molecule has 3 heteroatoms. The molecule has 0 aromatic heterocycles. The first kappa shape index (κ1) is 14.0. The number of rotatable bonds is 6. The SMILES string of the molecule is CCCC1(CN2CC=C(COC)CC2)CCCN1. The van der Waals surface area contributed by atoms with Crippen molar-refractivity contribution in [2.75, 3.05) is 39.9 Å². The Morgan fingerprint density at radius 2 is 2.39 bits per heavy atom. The normalized spacial score (nSPS) is 29.6. The first-order valence-electron chi connectivity index (χ1n) is 7.42. The van der Waals surface area contributed by atoms with Gasteiger partial charge in [0.15, 0.2) is 0 Å². The van der Waals surface area contributed by atoms with Gasteiger partial charge in [-0.3, -0.25) is 4.90 Å². The molecule has 0 aromatic rings. The van der Waals surface area contributed by atoms with Gasteiger partial charge in [-0.25, -0.2) is 0 Å². The van der Waals surface area contributed by atoms with Crippen molar-refractivity contribution >= 4 is 0 Å². The predicted octanol–water partition coefficient (Wildman–Crippen LogP) is 2.19. The van der Waals surface area contributed by atoms with Crippen molar-refractivity contribution in [3.8, 4) is 0 Å². The van der Waals surface area contributed by atoms with Gasteiger partial charge in [0.1, 0.15) is 0 Å². The number of hydrogen-bond donors (Lipinski definition) is 1. The Bertz CT molecular complexity index is 282. The summed E-state index contributed by atoms with van der Waals surface area (Å²) in [5.74, 6) is 0. The molecular formula is C15H28N2O. The zero-order valence-corrected chi connectivity index (χ0v) is 12.0. The summed E-state index contributed by atoms with van der Waals surface area (Å²) in [5, 5.41) is 3.77. The van der Waals surface area contributed by atoms with Crippen molar-refractivity contribution in [1.82, 2.24) is 10.2 Å². The fraction of sp³-hybridized carbons (Fsp3) is 0.867. The van der Waals surface area contributed by atoms with Crippen LogP contribution in [0.25, 0.3) is 0 Å². The summed E-state index contributed by atoms with van der Waals surface area (Å²) in [6.07, 6.45) is 8.84. The fourth-order valence-corrected chi connectivity index (χ4v) is 3.42. The van der Waals surface area contributed by atoms with Crippen molar-refractivity contribution < 1.29 is 4.74 Å². The third kappa shape index (κ3) is 3.56. The zero-order chi connectivity index (χ0) is 12.8. The average Bonchev–Trinajstić information content (AvgIpc) is 2.81. The highest BCUT2D eigenvalue weighted by molar-refractivity contribution is 5.09. The molecule has 1 unspecified atom stereocenters. The summed E-state index contributed by atoms with van der Waals surface area (Å²) >= 11 is 0. The summed E-state index contributed by atoms with van der Waals surface area (Å²) in [6.45, 7) is 7.84. The predicted molar refractivity (Wildman–Crippen MR) is 75.9 cm³/mol. The quantitative estimate of drug-likeness (QED) is 0.733. The Morgan fingerprint density at radius 1 is 1.50 bits per heavy atom. The van der Waals surface area contributed by atoms with Crippen LogP contribution in [0.4, 0.5) is 0 Å². The smallest absolute Gasteiger partial charge is 0.0673 e. The molecule has 0 aliphatic carbocycles. The first-order valence-corrected chi connectivity index (χ1v) is 7.42. The molecular weight excluding hydrogens is 224 g/mol. The van der Waals surface area contributed by atoms with E-state index in [1.54, 1.807) is 7.11 Å². The Morgan fingerprint density at radius 3 is 2.94 bits per heavy atom. The lowest BCUT2D eigenvalue weighted by Crippen LogP contribution is -2.50. The lowest BCUT2D eigenvalue weighted by molar-refractivity contribution is 0.180. The van der Waals surface area contributed by atoms with E-state index in [1.807, 2.05) is 0 Å². The molecule has 0 saturated carbocycles. The van der Waals surface area contributed by atoms with E-state index < -0.39 is 0 Å². The van der Waals surface area contributed by atoms with Crippen LogP contribution in [0.15, 0.2) is 11.6 Å². The molecule has 104 valence electrons. The molecule has 0 spiro atoms. The minimum absolute atomic E-state index is 0.404. The van der Waals surface area contributed by atoms with Gasteiger partial charge >= 0.3 is 0 Å². The fourth-order valence-electron chi connectivity index (χ4n) is 3.42. The number of methoxy groups -OCH3 is 1. The lowest BCUT2D eigenvalue weighted by Gasteiger charge is -2.37. The van der Waals surface area contributed by atoms with Crippen LogP contribution in [0.5, 0.6) is 0 Å². The van der Waals surface area contributed by atoms with Crippen LogP contribution in [-0.2, 0) is 4.74 Å². The monoisotopic (exact) mass is 252 g/mol. The second kappa shape index (κ2) is 6.69. The number of hydrogen-bond acceptors (Lipinski definition) is 3. The molecule has 0 aromatic carbocycles. The Balaban J connectivity index is 1.86. The lowest BCUT2D eigenvalue weighted by atomic mass is 9.90. The summed E-state index contributed by atoms with van der Waals surface area (Å²) in [7, 11) is 1.78. The second-order valence-corrected chi connectivity index (χ2v) is 5.84. The van der Waals surface area contributed by atoms with Gasteiger partial charge in [0.2, 0.25) is 0 Å². The first-order chi connectivity index (χ1) is 8.78. The van der Waals surface area contributed by atoms with Gasteiger partial charge in [-0.1, -0.05) is 19.4 Å². The Labute approximate surface area is 112 Å². The van der Waals surface area contributed by atoms with Gasteiger partial charge in [-0.2, -0.15) is 0 Å². The van der Waals surface area contributed by atoms with E-state index >= 15 is 0 Å². The highest BCUT2D eigenvalue weighted by Crippen LogP contribution is 2.27. The second-order valence-electron chi connectivity index (χ2n) is 5.84. The molecule has 3 nitrogen and oxygen atoms in total. The highest BCUT2D eigenvalue weighted by Gasteiger charge is 2.34. The Hall–Kier alpha value is -0.380. The van der Waals surface area contributed by atoms with Crippen molar-refractivity contribution in [3.63, 3.8) is 0 Å². The number of ether oxygens (including phenoxy) is 1. The summed E-state index contributed by atoms with van der Waals surface area (Å²) in [6, 6.07) is 0. The average molecular weight is 252 g/mol. The van der Waals surface area contributed by atoms with E-state index in [9.17, 15) is 0 Å². The topological polar surface area (TPSA) is 24.5 Å². The van der Waals surface area contributed by atoms with Gasteiger partial charge in [0.25, 0.3) is 0 Å². The van der Waals surface area contributed by atoms with Crippen LogP contribution in [0.3, 0.4) is 0 Å². The van der Waals surface area contributed by atoms with Crippen LogP contribution in [0, 0.1) is 0 Å². The summed E-state index contributed by atoms with van der Waals surface area (Å²) < 4.78 is 5.21. The van der Waals surface area contributed by atoms with Crippen LogP contribution >= 0.6 is 0 Å². The van der Waals surface area contributed by atoms with E-state index in [-0.39, 0.29) is 0 Å². The molecule has 2 aliphatic rings. The van der Waals surface area contributed by atoms with Crippen LogP contribution in [0.2, 0.25) is 0 Å². The molecule has 2 aliphatic heterocycles. The maximum Gasteiger partial charge on any atom is 0.0673 e. The van der Waals surface area contributed by atoms with Crippen molar-refractivity contribution in [3.05, 3.63) is 11.6 Å². The molecule has 2 heterocycles.